The van der Waals surface area contributed by atoms with E-state index in [0.717, 1.165) is 29.7 Å². The Kier molecular flexibility index (Phi) is 3.71. The van der Waals surface area contributed by atoms with Gasteiger partial charge in [-0.05, 0) is 55.9 Å². The van der Waals surface area contributed by atoms with Crippen LogP contribution < -0.4 is 5.32 Å². The zero-order chi connectivity index (χ0) is 10.8. The van der Waals surface area contributed by atoms with E-state index in [1.807, 2.05) is 0 Å². The molecular formula is C14H27N. The fraction of sp³-hybridized carbons (Fsp3) is 1.00. The third-order valence-corrected chi connectivity index (χ3v) is 4.39. The lowest BCUT2D eigenvalue weighted by atomic mass is 9.74. The monoisotopic (exact) mass is 209 g/mol. The fourth-order valence-electron chi connectivity index (χ4n) is 3.08. The van der Waals surface area contributed by atoms with Gasteiger partial charge in [0.1, 0.15) is 0 Å². The van der Waals surface area contributed by atoms with Gasteiger partial charge in [0.05, 0.1) is 0 Å². The molecule has 0 aromatic heterocycles. The molecule has 2 rings (SSSR count). The van der Waals surface area contributed by atoms with Gasteiger partial charge in [0.25, 0.3) is 0 Å². The highest BCUT2D eigenvalue weighted by Gasteiger charge is 2.31. The van der Waals surface area contributed by atoms with Crippen molar-refractivity contribution in [3.05, 3.63) is 0 Å². The lowest BCUT2D eigenvalue weighted by Crippen LogP contribution is -2.43. The van der Waals surface area contributed by atoms with Crippen molar-refractivity contribution >= 4 is 0 Å². The summed E-state index contributed by atoms with van der Waals surface area (Å²) >= 11 is 0. The van der Waals surface area contributed by atoms with Crippen LogP contribution >= 0.6 is 0 Å². The Morgan fingerprint density at radius 2 is 1.87 bits per heavy atom. The van der Waals surface area contributed by atoms with Crippen molar-refractivity contribution in [3.8, 4) is 0 Å². The van der Waals surface area contributed by atoms with Crippen molar-refractivity contribution in [3.63, 3.8) is 0 Å². The van der Waals surface area contributed by atoms with Gasteiger partial charge in [-0.3, -0.25) is 0 Å². The maximum absolute atomic E-state index is 3.85. The summed E-state index contributed by atoms with van der Waals surface area (Å²) in [5.41, 5.74) is 0. The molecule has 0 saturated heterocycles. The summed E-state index contributed by atoms with van der Waals surface area (Å²) < 4.78 is 0. The lowest BCUT2D eigenvalue weighted by molar-refractivity contribution is 0.169. The maximum Gasteiger partial charge on any atom is 0.0100 e. The second-order valence-electron chi connectivity index (χ2n) is 6.28. The van der Waals surface area contributed by atoms with E-state index in [1.54, 1.807) is 0 Å². The van der Waals surface area contributed by atoms with Crippen LogP contribution in [0.4, 0.5) is 0 Å². The first-order valence-electron chi connectivity index (χ1n) is 6.90. The van der Waals surface area contributed by atoms with Crippen molar-refractivity contribution in [2.24, 2.45) is 23.7 Å². The number of nitrogens with one attached hydrogen (secondary N) is 1. The molecule has 0 bridgehead atoms. The molecule has 1 N–H and O–H groups in total. The minimum atomic E-state index is 0.814. The van der Waals surface area contributed by atoms with Crippen LogP contribution in [0.15, 0.2) is 0 Å². The molecule has 0 aliphatic heterocycles. The van der Waals surface area contributed by atoms with Crippen molar-refractivity contribution in [1.29, 1.82) is 0 Å². The Balaban J connectivity index is 1.83. The highest BCUT2D eigenvalue weighted by atomic mass is 14.9. The van der Waals surface area contributed by atoms with E-state index in [9.17, 15) is 0 Å². The number of rotatable bonds is 4. The zero-order valence-electron chi connectivity index (χ0n) is 10.6. The first-order valence-corrected chi connectivity index (χ1v) is 6.90. The first kappa shape index (κ1) is 11.4. The van der Waals surface area contributed by atoms with E-state index < -0.39 is 0 Å². The summed E-state index contributed by atoms with van der Waals surface area (Å²) in [4.78, 5) is 0. The van der Waals surface area contributed by atoms with Crippen LogP contribution in [0.2, 0.25) is 0 Å². The minimum Gasteiger partial charge on any atom is -0.313 e. The van der Waals surface area contributed by atoms with Gasteiger partial charge in [0.2, 0.25) is 0 Å². The zero-order valence-corrected chi connectivity index (χ0v) is 10.6. The molecule has 1 nitrogen and oxygen atoms in total. The highest BCUT2D eigenvalue weighted by Crippen LogP contribution is 2.34. The van der Waals surface area contributed by atoms with Gasteiger partial charge in [-0.15, -0.1) is 0 Å². The van der Waals surface area contributed by atoms with Crippen molar-refractivity contribution in [2.45, 2.75) is 58.9 Å². The van der Waals surface area contributed by atoms with Gasteiger partial charge in [0, 0.05) is 6.04 Å². The molecule has 0 aromatic carbocycles. The van der Waals surface area contributed by atoms with Gasteiger partial charge in [-0.25, -0.2) is 0 Å². The minimum absolute atomic E-state index is 0.814. The van der Waals surface area contributed by atoms with Crippen molar-refractivity contribution in [1.82, 2.24) is 5.32 Å². The lowest BCUT2D eigenvalue weighted by Gasteiger charge is -2.38. The molecule has 0 amide bonds. The number of hydrogen-bond acceptors (Lipinski definition) is 1. The Bertz CT molecular complexity index is 196. The molecule has 0 aromatic rings. The van der Waals surface area contributed by atoms with Crippen molar-refractivity contribution < 1.29 is 0 Å². The molecule has 15 heavy (non-hydrogen) atoms. The summed E-state index contributed by atoms with van der Waals surface area (Å²) in [7, 11) is 0. The Labute approximate surface area is 95.0 Å². The van der Waals surface area contributed by atoms with Crippen LogP contribution in [0, 0.1) is 23.7 Å². The molecule has 2 aliphatic carbocycles. The average Bonchev–Trinajstić information content (AvgIpc) is 2.97. The molecule has 2 aliphatic rings. The summed E-state index contributed by atoms with van der Waals surface area (Å²) in [6.45, 7) is 8.50. The van der Waals surface area contributed by atoms with Crippen molar-refractivity contribution in [2.75, 3.05) is 6.54 Å². The summed E-state index contributed by atoms with van der Waals surface area (Å²) in [6, 6.07) is 0.814. The molecule has 2 fully saturated rings. The molecule has 0 heterocycles. The largest absolute Gasteiger partial charge is 0.313 e. The predicted octanol–water partition coefficient (Wildman–Crippen LogP) is 3.45. The second-order valence-corrected chi connectivity index (χ2v) is 6.28. The SMILES string of the molecule is CC(C)[C@@H]1CC[C@@H](C)C[C@@H]1NCC1CC1. The van der Waals surface area contributed by atoms with Crippen LogP contribution in [0.3, 0.4) is 0 Å². The highest BCUT2D eigenvalue weighted by molar-refractivity contribution is 4.87. The Morgan fingerprint density at radius 1 is 1.13 bits per heavy atom. The van der Waals surface area contributed by atoms with E-state index >= 15 is 0 Å². The average molecular weight is 209 g/mol. The molecule has 0 spiro atoms. The topological polar surface area (TPSA) is 12.0 Å². The van der Waals surface area contributed by atoms with Gasteiger partial charge in [0.15, 0.2) is 0 Å². The van der Waals surface area contributed by atoms with Gasteiger partial charge in [-0.2, -0.15) is 0 Å². The molecule has 0 radical (unpaired) electrons. The van der Waals surface area contributed by atoms with Gasteiger partial charge < -0.3 is 5.32 Å². The normalized spacial score (nSPS) is 37.2. The van der Waals surface area contributed by atoms with E-state index in [0.29, 0.717) is 0 Å². The van der Waals surface area contributed by atoms with Crippen LogP contribution in [0.25, 0.3) is 0 Å². The molecule has 0 unspecified atom stereocenters. The van der Waals surface area contributed by atoms with Crippen LogP contribution in [-0.2, 0) is 0 Å². The molecular weight excluding hydrogens is 182 g/mol. The second kappa shape index (κ2) is 4.86. The van der Waals surface area contributed by atoms with Gasteiger partial charge in [-0.1, -0.05) is 27.2 Å². The van der Waals surface area contributed by atoms with Crippen LogP contribution in [-0.4, -0.2) is 12.6 Å². The maximum atomic E-state index is 3.85. The number of hydrogen-bond donors (Lipinski definition) is 1. The molecule has 88 valence electrons. The smallest absolute Gasteiger partial charge is 0.0100 e. The fourth-order valence-corrected chi connectivity index (χ4v) is 3.08. The Morgan fingerprint density at radius 3 is 2.47 bits per heavy atom. The summed E-state index contributed by atoms with van der Waals surface area (Å²) in [6.07, 6.45) is 7.25. The van der Waals surface area contributed by atoms with E-state index in [4.69, 9.17) is 0 Å². The van der Waals surface area contributed by atoms with Crippen LogP contribution in [0.5, 0.6) is 0 Å². The summed E-state index contributed by atoms with van der Waals surface area (Å²) in [5.74, 6) is 3.75. The third-order valence-electron chi connectivity index (χ3n) is 4.39. The van der Waals surface area contributed by atoms with Gasteiger partial charge >= 0.3 is 0 Å². The third kappa shape index (κ3) is 3.21. The standard InChI is InChI=1S/C14H27N/c1-10(2)13-7-4-11(3)8-14(13)15-9-12-5-6-12/h10-15H,4-9H2,1-3H3/t11-,13+,14+/m1/s1. The molecule has 3 atom stereocenters. The van der Waals surface area contributed by atoms with E-state index in [1.165, 1.54) is 38.6 Å². The molecule has 2 saturated carbocycles. The Hall–Kier alpha value is -0.0400. The molecule has 1 heteroatoms. The van der Waals surface area contributed by atoms with E-state index in [2.05, 4.69) is 26.1 Å². The van der Waals surface area contributed by atoms with E-state index in [-0.39, 0.29) is 0 Å². The van der Waals surface area contributed by atoms with Crippen LogP contribution in [0.1, 0.15) is 52.9 Å². The first-order chi connectivity index (χ1) is 7.16. The predicted molar refractivity (Wildman–Crippen MR) is 65.9 cm³/mol. The quantitative estimate of drug-likeness (QED) is 0.748. The summed E-state index contributed by atoms with van der Waals surface area (Å²) in [5, 5.41) is 3.85.